The molecule has 0 atom stereocenters. The van der Waals surface area contributed by atoms with Crippen molar-refractivity contribution in [1.82, 2.24) is 9.55 Å². The number of hydrogen-bond acceptors (Lipinski definition) is 3. The normalized spacial score (nSPS) is 11.1. The number of fused-ring (bicyclic) bond motifs is 1. The first-order valence-corrected chi connectivity index (χ1v) is 5.74. The molecule has 0 radical (unpaired) electrons. The highest BCUT2D eigenvalue weighted by Gasteiger charge is 2.09. The molecule has 0 spiro atoms. The zero-order chi connectivity index (χ0) is 11.0. The SMILES string of the molecule is CCc1cc2[nH]c(=O)n(CC)c(=O)c2s1. The summed E-state index contributed by atoms with van der Waals surface area (Å²) in [6, 6.07) is 1.88. The van der Waals surface area contributed by atoms with Gasteiger partial charge in [0.25, 0.3) is 5.56 Å². The van der Waals surface area contributed by atoms with Crippen LogP contribution in [0.5, 0.6) is 0 Å². The van der Waals surface area contributed by atoms with Gasteiger partial charge in [-0.05, 0) is 19.4 Å². The Morgan fingerprint density at radius 3 is 2.73 bits per heavy atom. The van der Waals surface area contributed by atoms with Gasteiger partial charge in [0.1, 0.15) is 4.70 Å². The number of H-pyrrole nitrogens is 1. The van der Waals surface area contributed by atoms with Crippen molar-refractivity contribution in [3.63, 3.8) is 0 Å². The van der Waals surface area contributed by atoms with Gasteiger partial charge in [0.05, 0.1) is 5.52 Å². The Kier molecular flexibility index (Phi) is 2.48. The van der Waals surface area contributed by atoms with Crippen molar-refractivity contribution in [2.24, 2.45) is 0 Å². The van der Waals surface area contributed by atoms with Crippen LogP contribution in [-0.4, -0.2) is 9.55 Å². The van der Waals surface area contributed by atoms with E-state index in [0.717, 1.165) is 11.3 Å². The van der Waals surface area contributed by atoms with Crippen LogP contribution in [-0.2, 0) is 13.0 Å². The minimum absolute atomic E-state index is 0.180. The molecule has 0 fully saturated rings. The van der Waals surface area contributed by atoms with Gasteiger partial charge in [0.2, 0.25) is 0 Å². The van der Waals surface area contributed by atoms with Crippen molar-refractivity contribution in [3.8, 4) is 0 Å². The number of rotatable bonds is 2. The summed E-state index contributed by atoms with van der Waals surface area (Å²) in [6.45, 7) is 4.22. The number of nitrogens with zero attached hydrogens (tertiary/aromatic N) is 1. The molecule has 0 saturated heterocycles. The molecule has 5 heteroatoms. The first-order valence-electron chi connectivity index (χ1n) is 4.93. The van der Waals surface area contributed by atoms with Crippen molar-refractivity contribution in [2.45, 2.75) is 26.8 Å². The largest absolute Gasteiger partial charge is 0.328 e. The molecule has 0 aliphatic rings. The molecular weight excluding hydrogens is 212 g/mol. The molecular formula is C10H12N2O2S. The van der Waals surface area contributed by atoms with E-state index in [1.54, 1.807) is 6.92 Å². The Morgan fingerprint density at radius 2 is 2.13 bits per heavy atom. The molecule has 1 N–H and O–H groups in total. The van der Waals surface area contributed by atoms with E-state index in [0.29, 0.717) is 16.8 Å². The van der Waals surface area contributed by atoms with E-state index >= 15 is 0 Å². The molecule has 0 amide bonds. The fraction of sp³-hybridized carbons (Fsp3) is 0.400. The minimum Gasteiger partial charge on any atom is -0.306 e. The molecule has 2 heterocycles. The second kappa shape index (κ2) is 3.66. The lowest BCUT2D eigenvalue weighted by Crippen LogP contribution is -2.33. The first-order chi connectivity index (χ1) is 7.17. The maximum Gasteiger partial charge on any atom is 0.328 e. The molecule has 0 aliphatic carbocycles. The second-order valence-electron chi connectivity index (χ2n) is 3.29. The summed E-state index contributed by atoms with van der Waals surface area (Å²) < 4.78 is 1.87. The van der Waals surface area contributed by atoms with E-state index in [9.17, 15) is 9.59 Å². The van der Waals surface area contributed by atoms with Gasteiger partial charge in [-0.3, -0.25) is 9.36 Å². The first kappa shape index (κ1) is 10.2. The molecule has 0 aromatic carbocycles. The molecule has 0 unspecified atom stereocenters. The van der Waals surface area contributed by atoms with Gasteiger partial charge in [-0.25, -0.2) is 4.79 Å². The summed E-state index contributed by atoms with van der Waals surface area (Å²) in [5.74, 6) is 0. The Morgan fingerprint density at radius 1 is 1.40 bits per heavy atom. The van der Waals surface area contributed by atoms with Gasteiger partial charge in [0.15, 0.2) is 0 Å². The zero-order valence-electron chi connectivity index (χ0n) is 8.66. The molecule has 4 nitrogen and oxygen atoms in total. The number of aromatic amines is 1. The number of hydrogen-bond donors (Lipinski definition) is 1. The number of aromatic nitrogens is 2. The van der Waals surface area contributed by atoms with Crippen LogP contribution >= 0.6 is 11.3 Å². The van der Waals surface area contributed by atoms with Gasteiger partial charge >= 0.3 is 5.69 Å². The van der Waals surface area contributed by atoms with Crippen molar-refractivity contribution in [1.29, 1.82) is 0 Å². The number of thiophene rings is 1. The highest BCUT2D eigenvalue weighted by atomic mass is 32.1. The molecule has 2 aromatic rings. The molecule has 2 rings (SSSR count). The summed E-state index contributed by atoms with van der Waals surface area (Å²) in [4.78, 5) is 27.2. The summed E-state index contributed by atoms with van der Waals surface area (Å²) in [7, 11) is 0. The lowest BCUT2D eigenvalue weighted by molar-refractivity contribution is 0.685. The van der Waals surface area contributed by atoms with E-state index in [1.807, 2.05) is 13.0 Å². The maximum atomic E-state index is 11.9. The Labute approximate surface area is 90.2 Å². The highest BCUT2D eigenvalue weighted by molar-refractivity contribution is 7.18. The van der Waals surface area contributed by atoms with Crippen molar-refractivity contribution < 1.29 is 0 Å². The third-order valence-electron chi connectivity index (χ3n) is 2.37. The Balaban J connectivity index is 2.89. The maximum absolute atomic E-state index is 11.9. The van der Waals surface area contributed by atoms with E-state index in [4.69, 9.17) is 0 Å². The standard InChI is InChI=1S/C10H12N2O2S/c1-3-6-5-7-8(15-6)9(13)12(4-2)10(14)11-7/h5H,3-4H2,1-2H3,(H,11,14). The topological polar surface area (TPSA) is 54.9 Å². The van der Waals surface area contributed by atoms with Gasteiger partial charge in [0, 0.05) is 11.4 Å². The second-order valence-corrected chi connectivity index (χ2v) is 4.43. The van der Waals surface area contributed by atoms with E-state index in [-0.39, 0.29) is 11.2 Å². The van der Waals surface area contributed by atoms with E-state index in [1.165, 1.54) is 15.9 Å². The third kappa shape index (κ3) is 1.52. The molecule has 15 heavy (non-hydrogen) atoms. The van der Waals surface area contributed by atoms with Crippen LogP contribution in [0.15, 0.2) is 15.7 Å². The molecule has 0 aliphatic heterocycles. The minimum atomic E-state index is -0.324. The monoisotopic (exact) mass is 224 g/mol. The summed E-state index contributed by atoms with van der Waals surface area (Å²) in [5, 5.41) is 0. The average molecular weight is 224 g/mol. The van der Waals surface area contributed by atoms with E-state index in [2.05, 4.69) is 4.98 Å². The van der Waals surface area contributed by atoms with Gasteiger partial charge < -0.3 is 4.98 Å². The predicted molar refractivity (Wildman–Crippen MR) is 61.8 cm³/mol. The summed E-state index contributed by atoms with van der Waals surface area (Å²) >= 11 is 1.46. The third-order valence-corrected chi connectivity index (χ3v) is 3.64. The van der Waals surface area contributed by atoms with Crippen LogP contribution < -0.4 is 11.2 Å². The van der Waals surface area contributed by atoms with Crippen LogP contribution in [0, 0.1) is 0 Å². The highest BCUT2D eigenvalue weighted by Crippen LogP contribution is 2.20. The molecule has 80 valence electrons. The van der Waals surface area contributed by atoms with Crippen molar-refractivity contribution in [2.75, 3.05) is 0 Å². The predicted octanol–water partition coefficient (Wildman–Crippen LogP) is 1.33. The van der Waals surface area contributed by atoms with Gasteiger partial charge in [-0.1, -0.05) is 6.92 Å². The van der Waals surface area contributed by atoms with Crippen LogP contribution in [0.4, 0.5) is 0 Å². The molecule has 2 aromatic heterocycles. The van der Waals surface area contributed by atoms with Crippen molar-refractivity contribution >= 4 is 21.6 Å². The molecule has 0 saturated carbocycles. The smallest absolute Gasteiger partial charge is 0.306 e. The van der Waals surface area contributed by atoms with Crippen LogP contribution in [0.25, 0.3) is 10.2 Å². The van der Waals surface area contributed by atoms with Crippen molar-refractivity contribution in [3.05, 3.63) is 31.8 Å². The summed E-state index contributed by atoms with van der Waals surface area (Å²) in [6.07, 6.45) is 0.882. The molecule has 0 bridgehead atoms. The Hall–Kier alpha value is -1.36. The van der Waals surface area contributed by atoms with Crippen LogP contribution in [0.2, 0.25) is 0 Å². The van der Waals surface area contributed by atoms with Crippen LogP contribution in [0.3, 0.4) is 0 Å². The van der Waals surface area contributed by atoms with Gasteiger partial charge in [-0.2, -0.15) is 0 Å². The van der Waals surface area contributed by atoms with Crippen LogP contribution in [0.1, 0.15) is 18.7 Å². The number of nitrogens with one attached hydrogen (secondary N) is 1. The fourth-order valence-corrected chi connectivity index (χ4v) is 2.55. The zero-order valence-corrected chi connectivity index (χ0v) is 9.48. The van der Waals surface area contributed by atoms with E-state index < -0.39 is 0 Å². The Bertz CT molecular complexity index is 606. The lowest BCUT2D eigenvalue weighted by atomic mass is 10.3. The lowest BCUT2D eigenvalue weighted by Gasteiger charge is -1.98. The fourth-order valence-electron chi connectivity index (χ4n) is 1.55. The average Bonchev–Trinajstić information content (AvgIpc) is 2.61. The number of aryl methyl sites for hydroxylation is 1. The quantitative estimate of drug-likeness (QED) is 0.836. The van der Waals surface area contributed by atoms with Gasteiger partial charge in [-0.15, -0.1) is 11.3 Å². The summed E-state index contributed by atoms with van der Waals surface area (Å²) in [5.41, 5.74) is 0.160.